The number of hydrogen-bond donors (Lipinski definition) is 0. The fraction of sp³-hybridized carbons (Fsp3) is 0.231. The first kappa shape index (κ1) is 12.2. The van der Waals surface area contributed by atoms with Crippen LogP contribution in [0, 0.1) is 0 Å². The number of aromatic nitrogens is 2. The molecule has 0 saturated carbocycles. The van der Waals surface area contributed by atoms with Gasteiger partial charge in [-0.3, -0.25) is 0 Å². The van der Waals surface area contributed by atoms with Crippen LogP contribution < -0.4 is 4.74 Å². The average Bonchev–Trinajstić information content (AvgIpc) is 2.83. The largest absolute Gasteiger partial charge is 0.478 e. The van der Waals surface area contributed by atoms with Gasteiger partial charge in [-0.1, -0.05) is 18.2 Å². The van der Waals surface area contributed by atoms with Crippen molar-refractivity contribution in [2.75, 3.05) is 13.7 Å². The zero-order valence-corrected chi connectivity index (χ0v) is 10.3. The summed E-state index contributed by atoms with van der Waals surface area (Å²) in [5.74, 6) is 0.0368. The number of rotatable bonds is 4. The summed E-state index contributed by atoms with van der Waals surface area (Å²) in [5, 5.41) is 4.19. The normalized spacial score (nSPS) is 10.1. The van der Waals surface area contributed by atoms with Crippen LogP contribution in [0.15, 0.2) is 36.4 Å². The second kappa shape index (κ2) is 5.35. The molecule has 0 saturated heterocycles. The number of methoxy groups -OCH3 is 1. The lowest BCUT2D eigenvalue weighted by Crippen LogP contribution is -2.05. The van der Waals surface area contributed by atoms with Crippen molar-refractivity contribution in [3.63, 3.8) is 0 Å². The highest BCUT2D eigenvalue weighted by Gasteiger charge is 2.16. The standard InChI is InChI=1S/C13H14N2O3/c1-3-18-12-9-11(13(16)17-2)14-15(12)10-7-5-4-6-8-10/h4-9H,3H2,1-2H3. The zero-order chi connectivity index (χ0) is 13.0. The van der Waals surface area contributed by atoms with E-state index in [1.165, 1.54) is 7.11 Å². The first-order chi connectivity index (χ1) is 8.76. The summed E-state index contributed by atoms with van der Waals surface area (Å²) in [7, 11) is 1.32. The molecule has 1 heterocycles. The SMILES string of the molecule is CCOc1cc(C(=O)OC)nn1-c1ccccc1. The molecule has 1 aromatic carbocycles. The van der Waals surface area contributed by atoms with Crippen LogP contribution in [0.5, 0.6) is 5.88 Å². The molecule has 0 amide bonds. The monoisotopic (exact) mass is 246 g/mol. The van der Waals surface area contributed by atoms with Crippen LogP contribution in [0.25, 0.3) is 5.69 Å². The highest BCUT2D eigenvalue weighted by molar-refractivity contribution is 5.87. The van der Waals surface area contributed by atoms with Crippen molar-refractivity contribution in [1.29, 1.82) is 0 Å². The van der Waals surface area contributed by atoms with Crippen molar-refractivity contribution in [2.24, 2.45) is 0 Å². The third-order valence-electron chi connectivity index (χ3n) is 2.36. The van der Waals surface area contributed by atoms with E-state index in [2.05, 4.69) is 9.84 Å². The minimum absolute atomic E-state index is 0.227. The summed E-state index contributed by atoms with van der Waals surface area (Å²) in [4.78, 5) is 11.5. The Morgan fingerprint density at radius 3 is 2.67 bits per heavy atom. The molecule has 0 spiro atoms. The maximum atomic E-state index is 11.5. The number of nitrogens with zero attached hydrogens (tertiary/aromatic N) is 2. The molecule has 2 rings (SSSR count). The minimum Gasteiger partial charge on any atom is -0.478 e. The van der Waals surface area contributed by atoms with Gasteiger partial charge in [0.05, 0.1) is 19.4 Å². The van der Waals surface area contributed by atoms with Gasteiger partial charge in [-0.25, -0.2) is 9.48 Å². The van der Waals surface area contributed by atoms with Gasteiger partial charge in [0.2, 0.25) is 5.88 Å². The molecule has 0 bridgehead atoms. The molecule has 0 aliphatic carbocycles. The predicted octanol–water partition coefficient (Wildman–Crippen LogP) is 2.06. The van der Waals surface area contributed by atoms with Gasteiger partial charge >= 0.3 is 5.97 Å². The van der Waals surface area contributed by atoms with E-state index in [9.17, 15) is 4.79 Å². The first-order valence-corrected chi connectivity index (χ1v) is 5.63. The van der Waals surface area contributed by atoms with Crippen molar-refractivity contribution < 1.29 is 14.3 Å². The summed E-state index contributed by atoms with van der Waals surface area (Å²) in [6, 6.07) is 11.0. The van der Waals surface area contributed by atoms with Crippen molar-refractivity contribution in [3.05, 3.63) is 42.1 Å². The molecule has 5 nitrogen and oxygen atoms in total. The maximum absolute atomic E-state index is 11.5. The van der Waals surface area contributed by atoms with Crippen molar-refractivity contribution in [3.8, 4) is 11.6 Å². The molecular weight excluding hydrogens is 232 g/mol. The van der Waals surface area contributed by atoms with Crippen molar-refractivity contribution in [1.82, 2.24) is 9.78 Å². The van der Waals surface area contributed by atoms with Gasteiger partial charge in [0.15, 0.2) is 5.69 Å². The molecule has 0 N–H and O–H groups in total. The number of para-hydroxylation sites is 1. The Morgan fingerprint density at radius 1 is 1.33 bits per heavy atom. The quantitative estimate of drug-likeness (QED) is 0.775. The van der Waals surface area contributed by atoms with Gasteiger partial charge in [0.25, 0.3) is 0 Å². The summed E-state index contributed by atoms with van der Waals surface area (Å²) in [5.41, 5.74) is 1.06. The lowest BCUT2D eigenvalue weighted by Gasteiger charge is -2.06. The summed E-state index contributed by atoms with van der Waals surface area (Å²) >= 11 is 0. The number of carbonyl (C=O) groups is 1. The average molecular weight is 246 g/mol. The van der Waals surface area contributed by atoms with Crippen LogP contribution in [0.3, 0.4) is 0 Å². The third kappa shape index (κ3) is 2.34. The molecule has 0 atom stereocenters. The fourth-order valence-electron chi connectivity index (χ4n) is 1.57. The Bertz CT molecular complexity index is 534. The van der Waals surface area contributed by atoms with Gasteiger partial charge in [0, 0.05) is 6.07 Å². The predicted molar refractivity (Wildman–Crippen MR) is 66.1 cm³/mol. The van der Waals surface area contributed by atoms with Crippen LogP contribution in [-0.2, 0) is 4.74 Å². The van der Waals surface area contributed by atoms with E-state index in [0.29, 0.717) is 12.5 Å². The highest BCUT2D eigenvalue weighted by atomic mass is 16.5. The van der Waals surface area contributed by atoms with Gasteiger partial charge in [-0.15, -0.1) is 0 Å². The van der Waals surface area contributed by atoms with Gasteiger partial charge < -0.3 is 9.47 Å². The highest BCUT2D eigenvalue weighted by Crippen LogP contribution is 2.19. The molecule has 0 fully saturated rings. The van der Waals surface area contributed by atoms with E-state index in [4.69, 9.17) is 4.74 Å². The minimum atomic E-state index is -0.481. The Labute approximate surface area is 105 Å². The number of benzene rings is 1. The van der Waals surface area contributed by atoms with E-state index in [1.54, 1.807) is 10.7 Å². The number of carbonyl (C=O) groups excluding carboxylic acids is 1. The molecule has 0 aliphatic rings. The molecule has 94 valence electrons. The van der Waals surface area contributed by atoms with E-state index < -0.39 is 5.97 Å². The van der Waals surface area contributed by atoms with Crippen molar-refractivity contribution >= 4 is 5.97 Å². The van der Waals surface area contributed by atoms with Crippen LogP contribution in [-0.4, -0.2) is 29.5 Å². The van der Waals surface area contributed by atoms with Crippen LogP contribution in [0.4, 0.5) is 0 Å². The van der Waals surface area contributed by atoms with Gasteiger partial charge in [-0.05, 0) is 19.1 Å². The zero-order valence-electron chi connectivity index (χ0n) is 10.3. The lowest BCUT2D eigenvalue weighted by atomic mass is 10.3. The number of hydrogen-bond acceptors (Lipinski definition) is 4. The molecule has 0 aliphatic heterocycles. The molecule has 0 radical (unpaired) electrons. The van der Waals surface area contributed by atoms with E-state index >= 15 is 0 Å². The third-order valence-corrected chi connectivity index (χ3v) is 2.36. The molecule has 18 heavy (non-hydrogen) atoms. The maximum Gasteiger partial charge on any atom is 0.358 e. The summed E-state index contributed by atoms with van der Waals surface area (Å²) in [6.45, 7) is 2.37. The van der Waals surface area contributed by atoms with Crippen molar-refractivity contribution in [2.45, 2.75) is 6.92 Å². The topological polar surface area (TPSA) is 53.4 Å². The summed E-state index contributed by atoms with van der Waals surface area (Å²) < 4.78 is 11.7. The van der Waals surface area contributed by atoms with Gasteiger partial charge in [0.1, 0.15) is 0 Å². The first-order valence-electron chi connectivity index (χ1n) is 5.63. The van der Waals surface area contributed by atoms with Gasteiger partial charge in [-0.2, -0.15) is 5.10 Å². The Balaban J connectivity index is 2.45. The lowest BCUT2D eigenvalue weighted by molar-refractivity contribution is 0.0593. The smallest absolute Gasteiger partial charge is 0.358 e. The van der Waals surface area contributed by atoms with Crippen LogP contribution >= 0.6 is 0 Å². The van der Waals surface area contributed by atoms with Crippen LogP contribution in [0.2, 0.25) is 0 Å². The second-order valence-electron chi connectivity index (χ2n) is 3.54. The van der Waals surface area contributed by atoms with Crippen LogP contribution in [0.1, 0.15) is 17.4 Å². The molecule has 5 heteroatoms. The van der Waals surface area contributed by atoms with E-state index in [-0.39, 0.29) is 5.69 Å². The fourth-order valence-corrected chi connectivity index (χ4v) is 1.57. The summed E-state index contributed by atoms with van der Waals surface area (Å²) in [6.07, 6.45) is 0. The molecular formula is C13H14N2O3. The van der Waals surface area contributed by atoms with E-state index in [0.717, 1.165) is 5.69 Å². The number of esters is 1. The second-order valence-corrected chi connectivity index (χ2v) is 3.54. The molecule has 2 aromatic rings. The molecule has 0 unspecified atom stereocenters. The Morgan fingerprint density at radius 2 is 2.06 bits per heavy atom. The molecule has 1 aromatic heterocycles. The Hall–Kier alpha value is -2.30. The Kier molecular flexibility index (Phi) is 3.62. The number of ether oxygens (including phenoxy) is 2. The van der Waals surface area contributed by atoms with E-state index in [1.807, 2.05) is 37.3 Å².